The molecule has 1 saturated carbocycles. The lowest BCUT2D eigenvalue weighted by molar-refractivity contribution is -0.131. The number of benzene rings is 1. The summed E-state index contributed by atoms with van der Waals surface area (Å²) in [6, 6.07) is 3.12. The zero-order chi connectivity index (χ0) is 25.1. The molecule has 1 aliphatic heterocycles. The van der Waals surface area contributed by atoms with Crippen LogP contribution in [0, 0.1) is 11.8 Å². The van der Waals surface area contributed by atoms with E-state index in [2.05, 4.69) is 20.9 Å². The van der Waals surface area contributed by atoms with Gasteiger partial charge in [-0.25, -0.2) is 0 Å². The molecule has 2 heterocycles. The molecule has 1 aromatic heterocycles. The number of methoxy groups -OCH3 is 1. The van der Waals surface area contributed by atoms with Crippen molar-refractivity contribution in [3.8, 4) is 5.75 Å². The third kappa shape index (κ3) is 6.05. The molecule has 188 valence electrons. The highest BCUT2D eigenvalue weighted by Gasteiger charge is 2.34. The van der Waals surface area contributed by atoms with Crippen LogP contribution in [0.2, 0.25) is 5.02 Å². The molecule has 1 aliphatic carbocycles. The lowest BCUT2D eigenvalue weighted by Gasteiger charge is -2.27. The van der Waals surface area contributed by atoms with Crippen LogP contribution in [0.4, 0.5) is 0 Å². The number of fused-ring (bicyclic) bond motifs is 1. The van der Waals surface area contributed by atoms with Crippen molar-refractivity contribution in [2.24, 2.45) is 17.6 Å². The molecule has 2 aliphatic rings. The number of rotatable bonds is 10. The van der Waals surface area contributed by atoms with Crippen molar-refractivity contribution in [2.75, 3.05) is 13.7 Å². The first-order valence-corrected chi connectivity index (χ1v) is 12.2. The zero-order valence-corrected chi connectivity index (χ0v) is 20.2. The molecule has 10 nitrogen and oxygen atoms in total. The summed E-state index contributed by atoms with van der Waals surface area (Å²) in [4.78, 5) is 53.4. The number of nitrogens with two attached hydrogens (primary N) is 1. The summed E-state index contributed by atoms with van der Waals surface area (Å²) in [7, 11) is 1.51. The van der Waals surface area contributed by atoms with Crippen LogP contribution in [-0.4, -0.2) is 54.4 Å². The molecule has 6 N–H and O–H groups in total. The largest absolute Gasteiger partial charge is 0.496 e. The first kappa shape index (κ1) is 24.8. The number of aromatic nitrogens is 1. The molecule has 11 heteroatoms. The molecule has 35 heavy (non-hydrogen) atoms. The fraction of sp³-hybridized carbons (Fsp3) is 0.500. The molecule has 3 atom stereocenters. The Morgan fingerprint density at radius 3 is 2.57 bits per heavy atom. The van der Waals surface area contributed by atoms with Gasteiger partial charge in [0.15, 0.2) is 0 Å². The van der Waals surface area contributed by atoms with Gasteiger partial charge in [-0.15, -0.1) is 0 Å². The monoisotopic (exact) mass is 503 g/mol. The van der Waals surface area contributed by atoms with E-state index in [-0.39, 0.29) is 18.0 Å². The van der Waals surface area contributed by atoms with Crippen LogP contribution in [0.25, 0.3) is 10.9 Å². The summed E-state index contributed by atoms with van der Waals surface area (Å²) in [6.45, 7) is 0.601. The van der Waals surface area contributed by atoms with Crippen LogP contribution in [0.5, 0.6) is 5.75 Å². The molecule has 1 saturated heterocycles. The van der Waals surface area contributed by atoms with Crippen LogP contribution in [0.1, 0.15) is 49.0 Å². The predicted octanol–water partition coefficient (Wildman–Crippen LogP) is 1.61. The van der Waals surface area contributed by atoms with E-state index in [1.165, 1.54) is 7.11 Å². The Kier molecular flexibility index (Phi) is 7.49. The number of carbonyl (C=O) groups is 4. The third-order valence-corrected chi connectivity index (χ3v) is 6.81. The number of hydrogen-bond acceptors (Lipinski definition) is 5. The maximum absolute atomic E-state index is 13.1. The second-order valence-electron chi connectivity index (χ2n) is 9.29. The number of H-pyrrole nitrogens is 1. The van der Waals surface area contributed by atoms with E-state index in [1.807, 2.05) is 0 Å². The first-order valence-electron chi connectivity index (χ1n) is 11.8. The number of hydrogen-bond donors (Lipinski definition) is 5. The van der Waals surface area contributed by atoms with Gasteiger partial charge in [-0.2, -0.15) is 0 Å². The summed E-state index contributed by atoms with van der Waals surface area (Å²) in [6.07, 6.45) is 3.95. The molecule has 2 aromatic rings. The van der Waals surface area contributed by atoms with Gasteiger partial charge >= 0.3 is 0 Å². The Labute approximate surface area is 207 Å². The smallest absolute Gasteiger partial charge is 0.268 e. The number of halogens is 1. The molecule has 0 radical (unpaired) electrons. The third-order valence-electron chi connectivity index (χ3n) is 6.60. The van der Waals surface area contributed by atoms with E-state index >= 15 is 0 Å². The number of carbonyl (C=O) groups excluding carboxylic acids is 4. The molecule has 0 bridgehead atoms. The maximum Gasteiger partial charge on any atom is 0.268 e. The average Bonchev–Trinajstić information content (AvgIpc) is 3.54. The Morgan fingerprint density at radius 1 is 1.14 bits per heavy atom. The van der Waals surface area contributed by atoms with Crippen molar-refractivity contribution in [3.05, 3.63) is 28.9 Å². The normalized spacial score (nSPS) is 19.5. The molecular weight excluding hydrogens is 474 g/mol. The first-order chi connectivity index (χ1) is 16.7. The van der Waals surface area contributed by atoms with E-state index in [4.69, 9.17) is 22.1 Å². The quantitative estimate of drug-likeness (QED) is 0.333. The lowest BCUT2D eigenvalue weighted by Crippen LogP contribution is -2.54. The van der Waals surface area contributed by atoms with E-state index in [0.29, 0.717) is 47.0 Å². The minimum Gasteiger partial charge on any atom is -0.496 e. The summed E-state index contributed by atoms with van der Waals surface area (Å²) < 4.78 is 5.35. The van der Waals surface area contributed by atoms with E-state index in [9.17, 15) is 19.2 Å². The molecule has 4 rings (SSSR count). The van der Waals surface area contributed by atoms with Crippen molar-refractivity contribution in [1.29, 1.82) is 0 Å². The molecule has 0 unspecified atom stereocenters. The molecule has 4 amide bonds. The SMILES string of the molecule is COc1cc(Cl)cc2[nH]c(C(=O)N[C@@H](CC3CC3)C(=O)N[C@@H](C[C@@H]3CCCNC3=O)C(N)=O)cc12. The van der Waals surface area contributed by atoms with Gasteiger partial charge in [-0.3, -0.25) is 19.2 Å². The fourth-order valence-corrected chi connectivity index (χ4v) is 4.69. The zero-order valence-electron chi connectivity index (χ0n) is 19.5. The number of amides is 4. The maximum atomic E-state index is 13.1. The Hall–Kier alpha value is -3.27. The topological polar surface area (TPSA) is 155 Å². The van der Waals surface area contributed by atoms with Crippen LogP contribution in [0.3, 0.4) is 0 Å². The second-order valence-corrected chi connectivity index (χ2v) is 9.72. The lowest BCUT2D eigenvalue weighted by atomic mass is 9.91. The summed E-state index contributed by atoms with van der Waals surface area (Å²) in [5.41, 5.74) is 6.41. The van der Waals surface area contributed by atoms with E-state index in [0.717, 1.165) is 19.3 Å². The summed E-state index contributed by atoms with van der Waals surface area (Å²) in [5.74, 6) is -1.38. The average molecular weight is 504 g/mol. The standard InChI is InChI=1S/C24H30ClN5O5/c1-35-20-10-14(25)9-16-15(20)11-19(28-16)24(34)30-18(7-12-4-5-12)23(33)29-17(21(26)31)8-13-3-2-6-27-22(13)32/h9-13,17-18,28H,2-8H2,1H3,(H2,26,31)(H,27,32)(H,29,33)(H,30,34)/t13-,17-,18-/m0/s1. The van der Waals surface area contributed by atoms with Gasteiger partial charge in [0.1, 0.15) is 23.5 Å². The minimum atomic E-state index is -1.01. The Bertz CT molecular complexity index is 1140. The Morgan fingerprint density at radius 2 is 1.91 bits per heavy atom. The number of aromatic amines is 1. The highest BCUT2D eigenvalue weighted by molar-refractivity contribution is 6.31. The molecular formula is C24H30ClN5O5. The number of primary amides is 1. The van der Waals surface area contributed by atoms with Gasteiger partial charge in [0, 0.05) is 22.9 Å². The predicted molar refractivity (Wildman–Crippen MR) is 130 cm³/mol. The van der Waals surface area contributed by atoms with Gasteiger partial charge in [0.25, 0.3) is 5.91 Å². The van der Waals surface area contributed by atoms with Crippen molar-refractivity contribution >= 4 is 46.1 Å². The van der Waals surface area contributed by atoms with Crippen molar-refractivity contribution in [1.82, 2.24) is 20.9 Å². The van der Waals surface area contributed by atoms with Crippen LogP contribution < -0.4 is 26.4 Å². The van der Waals surface area contributed by atoms with Crippen molar-refractivity contribution in [2.45, 2.75) is 50.6 Å². The number of piperidine rings is 1. The van der Waals surface area contributed by atoms with Crippen LogP contribution >= 0.6 is 11.6 Å². The summed E-state index contributed by atoms with van der Waals surface area (Å²) >= 11 is 6.12. The van der Waals surface area contributed by atoms with Gasteiger partial charge in [-0.05, 0) is 49.8 Å². The van der Waals surface area contributed by atoms with E-state index < -0.39 is 35.7 Å². The molecule has 2 fully saturated rings. The minimum absolute atomic E-state index is 0.125. The highest BCUT2D eigenvalue weighted by Crippen LogP contribution is 2.34. The van der Waals surface area contributed by atoms with Crippen LogP contribution in [-0.2, 0) is 14.4 Å². The molecule has 1 aromatic carbocycles. The van der Waals surface area contributed by atoms with Crippen LogP contribution in [0.15, 0.2) is 18.2 Å². The highest BCUT2D eigenvalue weighted by atomic mass is 35.5. The number of nitrogens with one attached hydrogen (secondary N) is 4. The number of ether oxygens (including phenoxy) is 1. The van der Waals surface area contributed by atoms with Crippen molar-refractivity contribution in [3.63, 3.8) is 0 Å². The molecule has 0 spiro atoms. The van der Waals surface area contributed by atoms with E-state index in [1.54, 1.807) is 18.2 Å². The Balaban J connectivity index is 1.47. The second kappa shape index (κ2) is 10.6. The fourth-order valence-electron chi connectivity index (χ4n) is 4.48. The van der Waals surface area contributed by atoms with Gasteiger partial charge in [-0.1, -0.05) is 24.4 Å². The van der Waals surface area contributed by atoms with Gasteiger partial charge in [0.2, 0.25) is 17.7 Å². The van der Waals surface area contributed by atoms with Gasteiger partial charge in [0.05, 0.1) is 12.6 Å². The van der Waals surface area contributed by atoms with Crippen molar-refractivity contribution < 1.29 is 23.9 Å². The summed E-state index contributed by atoms with van der Waals surface area (Å²) in [5, 5.41) is 9.37. The van der Waals surface area contributed by atoms with Gasteiger partial charge < -0.3 is 31.4 Å².